The summed E-state index contributed by atoms with van der Waals surface area (Å²) in [4.78, 5) is 17.7. The van der Waals surface area contributed by atoms with Crippen molar-refractivity contribution in [2.75, 3.05) is 26.7 Å². The number of likely N-dealkylation sites (tertiary alicyclic amines) is 1. The molecule has 0 N–H and O–H groups in total. The van der Waals surface area contributed by atoms with E-state index in [2.05, 4.69) is 34.3 Å². The van der Waals surface area contributed by atoms with Crippen LogP contribution in [0.4, 0.5) is 0 Å². The molecule has 0 unspecified atom stereocenters. The molecule has 3 aliphatic rings. The maximum absolute atomic E-state index is 12.9. The highest BCUT2D eigenvalue weighted by Crippen LogP contribution is 2.44. The van der Waals surface area contributed by atoms with E-state index in [-0.39, 0.29) is 5.91 Å². The molecule has 1 aromatic carbocycles. The van der Waals surface area contributed by atoms with Crippen LogP contribution in [-0.2, 0) is 0 Å². The third-order valence-electron chi connectivity index (χ3n) is 7.02. The van der Waals surface area contributed by atoms with Gasteiger partial charge < -0.3 is 14.2 Å². The summed E-state index contributed by atoms with van der Waals surface area (Å²) in [6.07, 6.45) is 4.92. The largest absolute Gasteiger partial charge is 0.497 e. The normalized spacial score (nSPS) is 29.4. The highest BCUT2D eigenvalue weighted by molar-refractivity contribution is 5.92. The molecule has 2 aromatic rings. The van der Waals surface area contributed by atoms with E-state index in [1.54, 1.807) is 13.2 Å². The predicted octanol–water partition coefficient (Wildman–Crippen LogP) is 3.68. The minimum Gasteiger partial charge on any atom is -0.497 e. The topological polar surface area (TPSA) is 58.8 Å². The summed E-state index contributed by atoms with van der Waals surface area (Å²) in [5.41, 5.74) is 1.83. The summed E-state index contributed by atoms with van der Waals surface area (Å²) < 4.78 is 10.5. The van der Waals surface area contributed by atoms with Crippen LogP contribution in [0.15, 0.2) is 34.9 Å². The second-order valence-corrected chi connectivity index (χ2v) is 8.88. The number of carbonyl (C=O) groups excluding carboxylic acids is 1. The molecule has 29 heavy (non-hydrogen) atoms. The number of fused-ring (bicyclic) bond motifs is 4. The molecular weight excluding hydrogens is 366 g/mol. The van der Waals surface area contributed by atoms with Crippen molar-refractivity contribution in [1.82, 2.24) is 15.0 Å². The van der Waals surface area contributed by atoms with Gasteiger partial charge in [0.05, 0.1) is 7.11 Å². The Labute approximate surface area is 171 Å². The van der Waals surface area contributed by atoms with Gasteiger partial charge in [0.1, 0.15) is 11.5 Å². The first-order valence-corrected chi connectivity index (χ1v) is 10.7. The smallest absolute Gasteiger partial charge is 0.276 e. The number of methoxy groups -OCH3 is 1. The first kappa shape index (κ1) is 18.7. The Morgan fingerprint density at radius 3 is 2.72 bits per heavy atom. The maximum atomic E-state index is 12.9. The van der Waals surface area contributed by atoms with Gasteiger partial charge in [0.25, 0.3) is 5.91 Å². The van der Waals surface area contributed by atoms with Crippen LogP contribution in [0.2, 0.25) is 0 Å². The molecule has 1 aromatic heterocycles. The number of ether oxygens (including phenoxy) is 1. The molecule has 5 rings (SSSR count). The highest BCUT2D eigenvalue weighted by Gasteiger charge is 2.46. The van der Waals surface area contributed by atoms with Crippen LogP contribution in [0.5, 0.6) is 5.75 Å². The maximum Gasteiger partial charge on any atom is 0.276 e. The van der Waals surface area contributed by atoms with Crippen LogP contribution in [0.1, 0.15) is 53.5 Å². The quantitative estimate of drug-likeness (QED) is 0.793. The third kappa shape index (κ3) is 3.44. The van der Waals surface area contributed by atoms with E-state index in [0.29, 0.717) is 35.4 Å². The highest BCUT2D eigenvalue weighted by atomic mass is 16.5. The van der Waals surface area contributed by atoms with Gasteiger partial charge in [-0.05, 0) is 62.1 Å². The lowest BCUT2D eigenvalue weighted by Gasteiger charge is -2.55. The van der Waals surface area contributed by atoms with Crippen molar-refractivity contribution in [3.8, 4) is 5.75 Å². The lowest BCUT2D eigenvalue weighted by Crippen LogP contribution is -2.60. The number of piperidine rings is 3. The second kappa shape index (κ2) is 7.48. The zero-order valence-corrected chi connectivity index (χ0v) is 17.2. The number of hydrogen-bond donors (Lipinski definition) is 0. The average Bonchev–Trinajstić information content (AvgIpc) is 3.19. The fourth-order valence-corrected chi connectivity index (χ4v) is 5.79. The van der Waals surface area contributed by atoms with Gasteiger partial charge in [0.2, 0.25) is 0 Å². The first-order valence-electron chi connectivity index (χ1n) is 10.7. The molecule has 4 heterocycles. The molecule has 0 radical (unpaired) electrons. The van der Waals surface area contributed by atoms with Crippen molar-refractivity contribution in [1.29, 1.82) is 0 Å². The number of rotatable bonds is 3. The Morgan fingerprint density at radius 2 is 2.00 bits per heavy atom. The van der Waals surface area contributed by atoms with E-state index >= 15 is 0 Å². The summed E-state index contributed by atoms with van der Waals surface area (Å²) in [5, 5.41) is 3.95. The van der Waals surface area contributed by atoms with E-state index < -0.39 is 0 Å². The van der Waals surface area contributed by atoms with Crippen LogP contribution in [-0.4, -0.2) is 53.6 Å². The van der Waals surface area contributed by atoms with Gasteiger partial charge in [0.15, 0.2) is 5.69 Å². The summed E-state index contributed by atoms with van der Waals surface area (Å²) in [6, 6.07) is 11.4. The summed E-state index contributed by atoms with van der Waals surface area (Å²) in [5.74, 6) is 2.69. The van der Waals surface area contributed by atoms with Crippen LogP contribution in [0.3, 0.4) is 0 Å². The molecule has 2 bridgehead atoms. The Hall–Kier alpha value is -2.34. The summed E-state index contributed by atoms with van der Waals surface area (Å²) in [7, 11) is 1.71. The SMILES string of the molecule is COc1ccc([C@H]2CCC[C@H]3[C@@H]4C[C@@H](CN(C(=O)c5cc(C)on5)C4)CN23)cc1. The van der Waals surface area contributed by atoms with Crippen molar-refractivity contribution in [3.05, 3.63) is 47.3 Å². The second-order valence-electron chi connectivity index (χ2n) is 8.88. The van der Waals surface area contributed by atoms with Gasteiger partial charge in [-0.25, -0.2) is 0 Å². The summed E-state index contributed by atoms with van der Waals surface area (Å²) >= 11 is 0. The van der Waals surface area contributed by atoms with Crippen LogP contribution in [0, 0.1) is 18.8 Å². The van der Waals surface area contributed by atoms with Crippen molar-refractivity contribution in [2.24, 2.45) is 11.8 Å². The van der Waals surface area contributed by atoms with E-state index in [4.69, 9.17) is 9.26 Å². The predicted molar refractivity (Wildman–Crippen MR) is 109 cm³/mol. The standard InChI is InChI=1S/C23H29N3O3/c1-15-10-20(24-29-15)23(27)25-12-16-11-18(14-25)22-5-3-4-21(26(22)13-16)17-6-8-19(28-2)9-7-17/h6-10,16,18,21-22H,3-5,11-14H2,1-2H3/t16-,18+,21+,22-/m0/s1. The lowest BCUT2D eigenvalue weighted by atomic mass is 9.74. The minimum absolute atomic E-state index is 0.0208. The zero-order valence-electron chi connectivity index (χ0n) is 17.2. The molecule has 1 amide bonds. The van der Waals surface area contributed by atoms with Crippen molar-refractivity contribution < 1.29 is 14.1 Å². The van der Waals surface area contributed by atoms with E-state index in [1.807, 2.05) is 11.8 Å². The Kier molecular flexibility index (Phi) is 4.82. The number of amides is 1. The number of benzene rings is 1. The van der Waals surface area contributed by atoms with Crippen LogP contribution >= 0.6 is 0 Å². The lowest BCUT2D eigenvalue weighted by molar-refractivity contribution is -0.0513. The van der Waals surface area contributed by atoms with Crippen molar-refractivity contribution in [2.45, 2.75) is 44.7 Å². The van der Waals surface area contributed by atoms with Crippen LogP contribution < -0.4 is 4.74 Å². The molecule has 0 saturated carbocycles. The molecule has 0 aliphatic carbocycles. The Balaban J connectivity index is 1.34. The molecule has 3 aliphatic heterocycles. The van der Waals surface area contributed by atoms with Gasteiger partial charge in [-0.3, -0.25) is 9.69 Å². The summed E-state index contributed by atoms with van der Waals surface area (Å²) in [6.45, 7) is 4.55. The third-order valence-corrected chi connectivity index (χ3v) is 7.02. The minimum atomic E-state index is 0.0208. The Bertz CT molecular complexity index is 878. The first-order chi connectivity index (χ1) is 14.1. The van der Waals surface area contributed by atoms with E-state index in [0.717, 1.165) is 25.4 Å². The van der Waals surface area contributed by atoms with Gasteiger partial charge in [-0.1, -0.05) is 17.3 Å². The number of aryl methyl sites for hydroxylation is 1. The molecule has 6 nitrogen and oxygen atoms in total. The number of carbonyl (C=O) groups is 1. The molecular formula is C23H29N3O3. The van der Waals surface area contributed by atoms with Crippen LogP contribution in [0.25, 0.3) is 0 Å². The zero-order chi connectivity index (χ0) is 20.0. The van der Waals surface area contributed by atoms with E-state index in [1.165, 1.54) is 31.2 Å². The van der Waals surface area contributed by atoms with Gasteiger partial charge >= 0.3 is 0 Å². The van der Waals surface area contributed by atoms with E-state index in [9.17, 15) is 4.79 Å². The fourth-order valence-electron chi connectivity index (χ4n) is 5.79. The molecule has 3 fully saturated rings. The molecule has 154 valence electrons. The molecule has 6 heteroatoms. The van der Waals surface area contributed by atoms with Crippen molar-refractivity contribution >= 4 is 5.91 Å². The number of hydrogen-bond acceptors (Lipinski definition) is 5. The number of aromatic nitrogens is 1. The fraction of sp³-hybridized carbons (Fsp3) is 0.565. The van der Waals surface area contributed by atoms with Gasteiger partial charge in [-0.2, -0.15) is 0 Å². The molecule has 4 atom stereocenters. The number of nitrogens with zero attached hydrogens (tertiary/aromatic N) is 3. The Morgan fingerprint density at radius 1 is 1.17 bits per heavy atom. The molecule has 0 spiro atoms. The van der Waals surface area contributed by atoms with Gasteiger partial charge in [0, 0.05) is 37.8 Å². The average molecular weight is 396 g/mol. The molecule has 3 saturated heterocycles. The monoisotopic (exact) mass is 395 g/mol. The van der Waals surface area contributed by atoms with Gasteiger partial charge in [-0.15, -0.1) is 0 Å². The van der Waals surface area contributed by atoms with Crippen molar-refractivity contribution in [3.63, 3.8) is 0 Å².